The van der Waals surface area contributed by atoms with Crippen molar-refractivity contribution in [1.82, 2.24) is 4.90 Å². The average Bonchev–Trinajstić information content (AvgIpc) is 2.59. The molecule has 0 aliphatic carbocycles. The Bertz CT molecular complexity index is 259. The van der Waals surface area contributed by atoms with E-state index in [4.69, 9.17) is 4.74 Å². The van der Waals surface area contributed by atoms with E-state index >= 15 is 0 Å². The van der Waals surface area contributed by atoms with Crippen molar-refractivity contribution in [1.29, 1.82) is 0 Å². The number of hydrogen-bond acceptors (Lipinski definition) is 4. The predicted molar refractivity (Wildman–Crippen MR) is 53.3 cm³/mol. The van der Waals surface area contributed by atoms with Crippen LogP contribution in [0.5, 0.6) is 0 Å². The van der Waals surface area contributed by atoms with Gasteiger partial charge in [-0.1, -0.05) is 20.8 Å². The zero-order valence-electron chi connectivity index (χ0n) is 9.52. The molecule has 0 aromatic heterocycles. The first-order valence-electron chi connectivity index (χ1n) is 4.85. The first-order chi connectivity index (χ1) is 6.90. The Morgan fingerprint density at radius 1 is 1.53 bits per heavy atom. The van der Waals surface area contributed by atoms with Crippen molar-refractivity contribution in [3.63, 3.8) is 0 Å². The summed E-state index contributed by atoms with van der Waals surface area (Å²) < 4.78 is 10.1. The van der Waals surface area contributed by atoms with Crippen LogP contribution in [0.15, 0.2) is 0 Å². The van der Waals surface area contributed by atoms with Gasteiger partial charge in [0, 0.05) is 5.41 Å². The van der Waals surface area contributed by atoms with E-state index in [9.17, 15) is 9.59 Å². The molecule has 0 unspecified atom stereocenters. The lowest BCUT2D eigenvalue weighted by Crippen LogP contribution is -2.43. The normalized spacial score (nSPS) is 26.5. The van der Waals surface area contributed by atoms with Crippen LogP contribution in [0.25, 0.3) is 0 Å². The highest BCUT2D eigenvalue weighted by molar-refractivity contribution is 5.70. The van der Waals surface area contributed by atoms with Crippen LogP contribution in [-0.4, -0.2) is 43.3 Å². The second kappa shape index (κ2) is 4.18. The SMILES string of the molecule is COC(=O)N1C[C@@H](C=O)O[C@@H]1C(C)(C)C. The molecule has 5 nitrogen and oxygen atoms in total. The summed E-state index contributed by atoms with van der Waals surface area (Å²) in [7, 11) is 1.32. The summed E-state index contributed by atoms with van der Waals surface area (Å²) in [6, 6.07) is 0. The third-order valence-corrected chi connectivity index (χ3v) is 2.27. The van der Waals surface area contributed by atoms with E-state index in [1.165, 1.54) is 12.0 Å². The molecule has 0 saturated carbocycles. The van der Waals surface area contributed by atoms with Gasteiger partial charge in [-0.25, -0.2) is 4.79 Å². The van der Waals surface area contributed by atoms with E-state index < -0.39 is 18.4 Å². The summed E-state index contributed by atoms with van der Waals surface area (Å²) in [6.45, 7) is 6.10. The molecule has 5 heteroatoms. The van der Waals surface area contributed by atoms with Gasteiger partial charge in [0.1, 0.15) is 12.3 Å². The molecule has 1 rings (SSSR count). The zero-order chi connectivity index (χ0) is 11.6. The summed E-state index contributed by atoms with van der Waals surface area (Å²) in [5.41, 5.74) is -0.244. The van der Waals surface area contributed by atoms with Crippen LogP contribution in [0.2, 0.25) is 0 Å². The number of carbonyl (C=O) groups excluding carboxylic acids is 2. The highest BCUT2D eigenvalue weighted by Gasteiger charge is 2.43. The number of hydrogen-bond donors (Lipinski definition) is 0. The van der Waals surface area contributed by atoms with Gasteiger partial charge >= 0.3 is 6.09 Å². The summed E-state index contributed by atoms with van der Waals surface area (Å²) in [5, 5.41) is 0. The van der Waals surface area contributed by atoms with Crippen molar-refractivity contribution in [2.45, 2.75) is 33.1 Å². The molecule has 1 heterocycles. The van der Waals surface area contributed by atoms with Crippen molar-refractivity contribution in [2.24, 2.45) is 5.41 Å². The summed E-state index contributed by atoms with van der Waals surface area (Å²) >= 11 is 0. The fraction of sp³-hybridized carbons (Fsp3) is 0.800. The third kappa shape index (κ3) is 2.47. The molecule has 2 atom stereocenters. The van der Waals surface area contributed by atoms with Gasteiger partial charge in [-0.05, 0) is 0 Å². The van der Waals surface area contributed by atoms with E-state index in [1.807, 2.05) is 20.8 Å². The van der Waals surface area contributed by atoms with Crippen molar-refractivity contribution in [2.75, 3.05) is 13.7 Å². The smallest absolute Gasteiger partial charge is 0.411 e. The number of methoxy groups -OCH3 is 1. The minimum Gasteiger partial charge on any atom is -0.453 e. The number of aldehydes is 1. The number of nitrogens with zero attached hydrogens (tertiary/aromatic N) is 1. The van der Waals surface area contributed by atoms with Gasteiger partial charge in [0.05, 0.1) is 13.7 Å². The van der Waals surface area contributed by atoms with Crippen LogP contribution < -0.4 is 0 Å². The largest absolute Gasteiger partial charge is 0.453 e. The fourth-order valence-electron chi connectivity index (χ4n) is 1.61. The Kier molecular flexibility index (Phi) is 3.34. The van der Waals surface area contributed by atoms with E-state index in [0.717, 1.165) is 0 Å². The van der Waals surface area contributed by atoms with Gasteiger partial charge in [0.2, 0.25) is 0 Å². The Morgan fingerprint density at radius 3 is 2.53 bits per heavy atom. The van der Waals surface area contributed by atoms with Gasteiger partial charge in [-0.15, -0.1) is 0 Å². The van der Waals surface area contributed by atoms with E-state index in [-0.39, 0.29) is 12.0 Å². The Labute approximate surface area is 89.3 Å². The lowest BCUT2D eigenvalue weighted by Gasteiger charge is -2.32. The Balaban J connectivity index is 2.83. The van der Waals surface area contributed by atoms with Crippen molar-refractivity contribution >= 4 is 12.4 Å². The van der Waals surface area contributed by atoms with Gasteiger partial charge in [-0.2, -0.15) is 0 Å². The molecular weight excluding hydrogens is 198 g/mol. The predicted octanol–water partition coefficient (Wildman–Crippen LogP) is 1.02. The van der Waals surface area contributed by atoms with Gasteiger partial charge in [0.15, 0.2) is 6.29 Å². The summed E-state index contributed by atoms with van der Waals surface area (Å²) in [5.74, 6) is 0. The molecule has 1 aliphatic heterocycles. The number of rotatable bonds is 1. The van der Waals surface area contributed by atoms with E-state index in [1.54, 1.807) is 0 Å². The fourth-order valence-corrected chi connectivity index (χ4v) is 1.61. The summed E-state index contributed by atoms with van der Waals surface area (Å²) in [4.78, 5) is 23.5. The first-order valence-corrected chi connectivity index (χ1v) is 4.85. The van der Waals surface area contributed by atoms with Gasteiger partial charge < -0.3 is 14.3 Å². The van der Waals surface area contributed by atoms with Gasteiger partial charge in [0.25, 0.3) is 0 Å². The van der Waals surface area contributed by atoms with Crippen LogP contribution >= 0.6 is 0 Å². The lowest BCUT2D eigenvalue weighted by molar-refractivity contribution is -0.121. The second-order valence-electron chi connectivity index (χ2n) is 4.65. The Hall–Kier alpha value is -1.10. The molecule has 1 aliphatic rings. The highest BCUT2D eigenvalue weighted by Crippen LogP contribution is 2.31. The van der Waals surface area contributed by atoms with Crippen molar-refractivity contribution in [3.8, 4) is 0 Å². The number of carbonyl (C=O) groups is 2. The van der Waals surface area contributed by atoms with Crippen LogP contribution in [0.4, 0.5) is 4.79 Å². The molecular formula is C10H17NO4. The maximum Gasteiger partial charge on any atom is 0.411 e. The quantitative estimate of drug-likeness (QED) is 0.613. The number of ether oxygens (including phenoxy) is 2. The molecule has 1 saturated heterocycles. The average molecular weight is 215 g/mol. The molecule has 1 amide bonds. The Morgan fingerprint density at radius 2 is 2.13 bits per heavy atom. The van der Waals surface area contributed by atoms with Gasteiger partial charge in [-0.3, -0.25) is 4.90 Å². The van der Waals surface area contributed by atoms with Crippen molar-refractivity contribution < 1.29 is 19.1 Å². The van der Waals surface area contributed by atoms with E-state index in [0.29, 0.717) is 6.29 Å². The molecule has 0 aromatic rings. The molecule has 0 aromatic carbocycles. The van der Waals surface area contributed by atoms with Crippen LogP contribution in [0, 0.1) is 5.41 Å². The summed E-state index contributed by atoms with van der Waals surface area (Å²) in [6.07, 6.45) is -0.713. The zero-order valence-corrected chi connectivity index (χ0v) is 9.52. The minimum absolute atomic E-state index is 0.244. The first kappa shape index (κ1) is 12.0. The molecule has 0 radical (unpaired) electrons. The number of amides is 1. The molecule has 0 bridgehead atoms. The maximum absolute atomic E-state index is 11.4. The molecule has 15 heavy (non-hydrogen) atoms. The van der Waals surface area contributed by atoms with Crippen molar-refractivity contribution in [3.05, 3.63) is 0 Å². The maximum atomic E-state index is 11.4. The minimum atomic E-state index is -0.548. The topological polar surface area (TPSA) is 55.8 Å². The molecule has 1 fully saturated rings. The molecule has 0 N–H and O–H groups in total. The molecule has 86 valence electrons. The third-order valence-electron chi connectivity index (χ3n) is 2.27. The monoisotopic (exact) mass is 215 g/mol. The lowest BCUT2D eigenvalue weighted by atomic mass is 9.94. The highest BCUT2D eigenvalue weighted by atomic mass is 16.6. The van der Waals surface area contributed by atoms with Crippen LogP contribution in [0.3, 0.4) is 0 Å². The van der Waals surface area contributed by atoms with Crippen LogP contribution in [-0.2, 0) is 14.3 Å². The second-order valence-corrected chi connectivity index (χ2v) is 4.65. The standard InChI is InChI=1S/C10H17NO4/c1-10(2,3)8-11(9(13)14-4)5-7(6-12)15-8/h6-8H,5H2,1-4H3/t7-,8+/m0/s1. The van der Waals surface area contributed by atoms with E-state index in [2.05, 4.69) is 4.74 Å². The molecule has 0 spiro atoms. The van der Waals surface area contributed by atoms with Crippen LogP contribution in [0.1, 0.15) is 20.8 Å².